The first-order valence-corrected chi connectivity index (χ1v) is 7.35. The molecule has 112 valence electrons. The first kappa shape index (κ1) is 14.6. The molecular formula is C17H15ClN2O2. The van der Waals surface area contributed by atoms with Crippen LogP contribution in [0.5, 0.6) is 0 Å². The molecule has 4 nitrogen and oxygen atoms in total. The third-order valence-electron chi connectivity index (χ3n) is 3.76. The number of carboxylic acid groups (broad SMARTS) is 1. The minimum Gasteiger partial charge on any atom is -0.477 e. The number of nitrogens with zero attached hydrogens (tertiary/aromatic N) is 2. The summed E-state index contributed by atoms with van der Waals surface area (Å²) in [5.74, 6) is -0.985. The van der Waals surface area contributed by atoms with E-state index in [-0.39, 0.29) is 11.8 Å². The molecular weight excluding hydrogens is 300 g/mol. The Bertz CT molecular complexity index is 744. The fourth-order valence-corrected chi connectivity index (χ4v) is 2.71. The summed E-state index contributed by atoms with van der Waals surface area (Å²) >= 11 is 6.19. The second-order valence-corrected chi connectivity index (χ2v) is 5.67. The predicted molar refractivity (Wildman–Crippen MR) is 87.5 cm³/mol. The number of hydrogen-bond donors (Lipinski definition) is 1. The molecule has 1 heterocycles. The van der Waals surface area contributed by atoms with Gasteiger partial charge in [0.2, 0.25) is 0 Å². The summed E-state index contributed by atoms with van der Waals surface area (Å²) in [7, 11) is 0. The Balaban J connectivity index is 2.03. The maximum atomic E-state index is 11.3. The average molecular weight is 315 g/mol. The van der Waals surface area contributed by atoms with E-state index in [9.17, 15) is 9.90 Å². The van der Waals surface area contributed by atoms with Gasteiger partial charge in [-0.05, 0) is 30.2 Å². The van der Waals surface area contributed by atoms with Gasteiger partial charge in [0.15, 0.2) is 0 Å². The summed E-state index contributed by atoms with van der Waals surface area (Å²) in [5.41, 5.74) is 2.95. The molecule has 1 N–H and O–H groups in total. The number of aliphatic carboxylic acids is 1. The summed E-state index contributed by atoms with van der Waals surface area (Å²) in [4.78, 5) is 11.3. The highest BCUT2D eigenvalue weighted by Gasteiger charge is 2.32. The molecule has 2 aromatic rings. The van der Waals surface area contributed by atoms with Crippen LogP contribution in [0.15, 0.2) is 53.6 Å². The molecule has 0 fully saturated rings. The van der Waals surface area contributed by atoms with E-state index in [0.29, 0.717) is 11.4 Å². The summed E-state index contributed by atoms with van der Waals surface area (Å²) in [5, 5.41) is 15.9. The van der Waals surface area contributed by atoms with Gasteiger partial charge in [-0.1, -0.05) is 48.0 Å². The van der Waals surface area contributed by atoms with Crippen LogP contribution in [0.25, 0.3) is 0 Å². The van der Waals surface area contributed by atoms with Gasteiger partial charge in [0.1, 0.15) is 5.71 Å². The number of hydrazone groups is 1. The molecule has 22 heavy (non-hydrogen) atoms. The lowest BCUT2D eigenvalue weighted by Crippen LogP contribution is -2.18. The van der Waals surface area contributed by atoms with E-state index in [4.69, 9.17) is 11.6 Å². The highest BCUT2D eigenvalue weighted by atomic mass is 35.5. The second kappa shape index (κ2) is 5.81. The lowest BCUT2D eigenvalue weighted by molar-refractivity contribution is -0.129. The van der Waals surface area contributed by atoms with Gasteiger partial charge in [0.25, 0.3) is 0 Å². The molecule has 0 bridgehead atoms. The molecule has 0 aromatic heterocycles. The smallest absolute Gasteiger partial charge is 0.352 e. The Morgan fingerprint density at radius 2 is 2.00 bits per heavy atom. The Kier molecular flexibility index (Phi) is 3.86. The molecule has 0 saturated heterocycles. The number of anilines is 1. The van der Waals surface area contributed by atoms with Crippen molar-refractivity contribution in [1.82, 2.24) is 0 Å². The molecule has 0 spiro atoms. The van der Waals surface area contributed by atoms with Crippen molar-refractivity contribution in [2.75, 3.05) is 5.01 Å². The van der Waals surface area contributed by atoms with E-state index in [0.717, 1.165) is 16.8 Å². The van der Waals surface area contributed by atoms with Crippen molar-refractivity contribution in [3.05, 3.63) is 64.7 Å². The van der Waals surface area contributed by atoms with Crippen molar-refractivity contribution < 1.29 is 9.90 Å². The van der Waals surface area contributed by atoms with Gasteiger partial charge in [-0.3, -0.25) is 5.01 Å². The van der Waals surface area contributed by atoms with Gasteiger partial charge in [0.05, 0.1) is 11.7 Å². The van der Waals surface area contributed by atoms with E-state index < -0.39 is 5.97 Å². The highest BCUT2D eigenvalue weighted by Crippen LogP contribution is 2.36. The number of halogens is 1. The topological polar surface area (TPSA) is 52.9 Å². The normalized spacial score (nSPS) is 17.5. The van der Waals surface area contributed by atoms with Crippen LogP contribution in [-0.4, -0.2) is 16.8 Å². The maximum absolute atomic E-state index is 11.3. The van der Waals surface area contributed by atoms with Gasteiger partial charge in [0, 0.05) is 11.4 Å². The van der Waals surface area contributed by atoms with Gasteiger partial charge in [-0.2, -0.15) is 5.10 Å². The van der Waals surface area contributed by atoms with E-state index in [1.807, 2.05) is 55.5 Å². The van der Waals surface area contributed by atoms with Crippen molar-refractivity contribution in [3.8, 4) is 0 Å². The van der Waals surface area contributed by atoms with Crippen molar-refractivity contribution in [2.45, 2.75) is 19.4 Å². The van der Waals surface area contributed by atoms with Gasteiger partial charge < -0.3 is 5.11 Å². The van der Waals surface area contributed by atoms with E-state index >= 15 is 0 Å². The standard InChI is InChI=1S/C17H15ClN2O2/c1-11-7-8-13(9-14(11)18)20-16(10-15(19-20)17(21)22)12-5-3-2-4-6-12/h2-9,16H,10H2,1H3,(H,21,22)/t16-/m0/s1. The Hall–Kier alpha value is -2.33. The number of carboxylic acids is 1. The average Bonchev–Trinajstić information content (AvgIpc) is 2.96. The first-order chi connectivity index (χ1) is 10.6. The molecule has 0 aliphatic carbocycles. The van der Waals surface area contributed by atoms with Crippen LogP contribution in [0, 0.1) is 6.92 Å². The fraction of sp³-hybridized carbons (Fsp3) is 0.176. The number of hydrogen-bond acceptors (Lipinski definition) is 3. The third-order valence-corrected chi connectivity index (χ3v) is 4.17. The lowest BCUT2D eigenvalue weighted by atomic mass is 10.0. The lowest BCUT2D eigenvalue weighted by Gasteiger charge is -2.24. The van der Waals surface area contributed by atoms with Gasteiger partial charge in [-0.25, -0.2) is 4.79 Å². The van der Waals surface area contributed by atoms with Gasteiger partial charge >= 0.3 is 5.97 Å². The molecule has 1 atom stereocenters. The fourth-order valence-electron chi connectivity index (χ4n) is 2.54. The first-order valence-electron chi connectivity index (χ1n) is 6.97. The summed E-state index contributed by atoms with van der Waals surface area (Å²) in [6, 6.07) is 15.3. The van der Waals surface area contributed by atoms with E-state index in [1.54, 1.807) is 5.01 Å². The minimum atomic E-state index is -0.985. The zero-order valence-corrected chi connectivity index (χ0v) is 12.8. The summed E-state index contributed by atoms with van der Waals surface area (Å²) in [6.45, 7) is 1.93. The summed E-state index contributed by atoms with van der Waals surface area (Å²) in [6.07, 6.45) is 0.366. The van der Waals surface area contributed by atoms with Crippen molar-refractivity contribution in [2.24, 2.45) is 5.10 Å². The molecule has 1 aliphatic heterocycles. The molecule has 3 rings (SSSR count). The molecule has 0 amide bonds. The number of aryl methyl sites for hydroxylation is 1. The third kappa shape index (κ3) is 2.70. The maximum Gasteiger partial charge on any atom is 0.352 e. The van der Waals surface area contributed by atoms with Crippen LogP contribution in [-0.2, 0) is 4.79 Å². The van der Waals surface area contributed by atoms with Crippen molar-refractivity contribution in [1.29, 1.82) is 0 Å². The minimum absolute atomic E-state index is 0.133. The monoisotopic (exact) mass is 314 g/mol. The Morgan fingerprint density at radius 1 is 1.27 bits per heavy atom. The van der Waals surface area contributed by atoms with Crippen LogP contribution >= 0.6 is 11.6 Å². The van der Waals surface area contributed by atoms with Crippen molar-refractivity contribution in [3.63, 3.8) is 0 Å². The van der Waals surface area contributed by atoms with Gasteiger partial charge in [-0.15, -0.1) is 0 Å². The van der Waals surface area contributed by atoms with Crippen LogP contribution in [0.1, 0.15) is 23.6 Å². The molecule has 0 radical (unpaired) electrons. The molecule has 1 aliphatic rings. The Morgan fingerprint density at radius 3 is 2.64 bits per heavy atom. The molecule has 5 heteroatoms. The second-order valence-electron chi connectivity index (χ2n) is 5.26. The highest BCUT2D eigenvalue weighted by molar-refractivity contribution is 6.36. The van der Waals surface area contributed by atoms with Crippen LogP contribution in [0.2, 0.25) is 5.02 Å². The summed E-state index contributed by atoms with van der Waals surface area (Å²) < 4.78 is 0. The SMILES string of the molecule is Cc1ccc(N2N=C(C(=O)O)C[C@H]2c2ccccc2)cc1Cl. The molecule has 2 aromatic carbocycles. The number of carbonyl (C=O) groups is 1. The molecule has 0 saturated carbocycles. The zero-order chi connectivity index (χ0) is 15.7. The van der Waals surface area contributed by atoms with Crippen LogP contribution < -0.4 is 5.01 Å². The quantitative estimate of drug-likeness (QED) is 0.930. The zero-order valence-electron chi connectivity index (χ0n) is 12.0. The number of benzene rings is 2. The largest absolute Gasteiger partial charge is 0.477 e. The number of rotatable bonds is 3. The molecule has 0 unspecified atom stereocenters. The van der Waals surface area contributed by atoms with Crippen molar-refractivity contribution >= 4 is 29.0 Å². The van der Waals surface area contributed by atoms with E-state index in [2.05, 4.69) is 5.10 Å². The van der Waals surface area contributed by atoms with Crippen LogP contribution in [0.4, 0.5) is 5.69 Å². The Labute approximate surface area is 133 Å². The van der Waals surface area contributed by atoms with E-state index in [1.165, 1.54) is 0 Å². The van der Waals surface area contributed by atoms with Crippen LogP contribution in [0.3, 0.4) is 0 Å². The predicted octanol–water partition coefficient (Wildman–Crippen LogP) is 4.04.